The van der Waals surface area contributed by atoms with Crippen LogP contribution in [0.15, 0.2) is 0 Å². The van der Waals surface area contributed by atoms with Crippen molar-refractivity contribution in [2.24, 2.45) is 0 Å². The molecule has 0 aromatic heterocycles. The summed E-state index contributed by atoms with van der Waals surface area (Å²) in [6.07, 6.45) is -12.1. The average molecular weight is 338 g/mol. The number of aliphatic hydroxyl groups excluding tert-OH is 5. The Bertz CT molecular complexity index is 418. The summed E-state index contributed by atoms with van der Waals surface area (Å²) >= 11 is 0. The summed E-state index contributed by atoms with van der Waals surface area (Å²) in [6.45, 7) is 2.31. The second-order valence-electron chi connectivity index (χ2n) is 5.65. The van der Waals surface area contributed by atoms with Crippen molar-refractivity contribution in [1.29, 1.82) is 0 Å². The average Bonchev–Trinajstić information content (AvgIpc) is 2.49. The highest BCUT2D eigenvalue weighted by Crippen LogP contribution is 2.27. The number of carbonyl (C=O) groups is 1. The third kappa shape index (κ3) is 3.98. The highest BCUT2D eigenvalue weighted by atomic mass is 16.7. The van der Waals surface area contributed by atoms with Crippen LogP contribution < -0.4 is 0 Å². The molecule has 0 radical (unpaired) electrons. The van der Waals surface area contributed by atoms with Gasteiger partial charge >= 0.3 is 5.97 Å². The maximum Gasteiger partial charge on any atom is 0.303 e. The molecule has 0 aromatic rings. The van der Waals surface area contributed by atoms with Gasteiger partial charge in [0.05, 0.1) is 12.7 Å². The Kier molecular flexibility index (Phi) is 5.92. The van der Waals surface area contributed by atoms with E-state index < -0.39 is 61.3 Å². The van der Waals surface area contributed by atoms with Crippen molar-refractivity contribution in [1.82, 2.24) is 0 Å². The SMILES string of the molecule is CC(=O)O[C@H]1[C@@H](O)COC(O)[C@@H]1O[C@@H]1O[C@@H](C)[C@H](O)[C@@H](O)[C@H]1O. The summed E-state index contributed by atoms with van der Waals surface area (Å²) in [4.78, 5) is 11.1. The molecule has 1 unspecified atom stereocenters. The maximum atomic E-state index is 11.1. The number of aliphatic hydroxyl groups is 5. The quantitative estimate of drug-likeness (QED) is 0.333. The molecule has 10 heteroatoms. The van der Waals surface area contributed by atoms with E-state index in [9.17, 15) is 30.3 Å². The number of hydrogen-bond acceptors (Lipinski definition) is 10. The molecule has 0 spiro atoms. The standard InChI is InChI=1S/C13H22O10/c1-4-7(16)8(17)9(18)13(21-4)23-11-10(22-5(2)14)6(15)3-20-12(11)19/h4,6-13,15-19H,3H2,1-2H3/t4-,6-,7-,8+,9+,10-,11+,12?,13-/m0/s1. The molecule has 2 aliphatic heterocycles. The van der Waals surface area contributed by atoms with Crippen molar-refractivity contribution in [2.75, 3.05) is 6.61 Å². The lowest BCUT2D eigenvalue weighted by molar-refractivity contribution is -0.348. The van der Waals surface area contributed by atoms with Crippen molar-refractivity contribution in [3.05, 3.63) is 0 Å². The largest absolute Gasteiger partial charge is 0.457 e. The summed E-state index contributed by atoms with van der Waals surface area (Å²) < 4.78 is 20.5. The summed E-state index contributed by atoms with van der Waals surface area (Å²) in [5.41, 5.74) is 0. The molecule has 9 atom stereocenters. The highest BCUT2D eigenvalue weighted by Gasteiger charge is 2.48. The van der Waals surface area contributed by atoms with Gasteiger partial charge in [0.2, 0.25) is 0 Å². The van der Waals surface area contributed by atoms with E-state index in [1.807, 2.05) is 0 Å². The fourth-order valence-corrected chi connectivity index (χ4v) is 2.53. The van der Waals surface area contributed by atoms with Gasteiger partial charge in [0.1, 0.15) is 24.4 Å². The lowest BCUT2D eigenvalue weighted by Gasteiger charge is -2.43. The number of rotatable bonds is 3. The van der Waals surface area contributed by atoms with Crippen LogP contribution in [0.3, 0.4) is 0 Å². The normalized spacial score (nSPS) is 48.0. The van der Waals surface area contributed by atoms with Gasteiger partial charge < -0.3 is 44.5 Å². The van der Waals surface area contributed by atoms with Crippen LogP contribution in [0.2, 0.25) is 0 Å². The molecule has 0 bridgehead atoms. The maximum absolute atomic E-state index is 11.1. The molecule has 2 heterocycles. The van der Waals surface area contributed by atoms with Gasteiger partial charge in [0.25, 0.3) is 0 Å². The van der Waals surface area contributed by atoms with E-state index >= 15 is 0 Å². The smallest absolute Gasteiger partial charge is 0.303 e. The molecule has 0 aromatic carbocycles. The Labute approximate surface area is 132 Å². The molecule has 2 fully saturated rings. The predicted molar refractivity (Wildman–Crippen MR) is 70.7 cm³/mol. The molecule has 134 valence electrons. The first-order valence-corrected chi connectivity index (χ1v) is 7.22. The van der Waals surface area contributed by atoms with Crippen LogP contribution in [0.1, 0.15) is 13.8 Å². The predicted octanol–water partition coefficient (Wildman–Crippen LogP) is -3.16. The van der Waals surface area contributed by atoms with Crippen LogP contribution in [0.5, 0.6) is 0 Å². The summed E-state index contributed by atoms with van der Waals surface area (Å²) in [5, 5.41) is 49.0. The molecular formula is C13H22O10. The molecule has 5 N–H and O–H groups in total. The van der Waals surface area contributed by atoms with Gasteiger partial charge in [-0.05, 0) is 6.92 Å². The number of esters is 1. The fraction of sp³-hybridized carbons (Fsp3) is 0.923. The molecule has 0 saturated carbocycles. The van der Waals surface area contributed by atoms with Crippen LogP contribution >= 0.6 is 0 Å². The second kappa shape index (κ2) is 7.36. The zero-order chi connectivity index (χ0) is 17.3. The second-order valence-corrected chi connectivity index (χ2v) is 5.65. The topological polar surface area (TPSA) is 155 Å². The third-order valence-electron chi connectivity index (χ3n) is 3.82. The van der Waals surface area contributed by atoms with Gasteiger partial charge in [-0.2, -0.15) is 0 Å². The Hall–Kier alpha value is -0.850. The van der Waals surface area contributed by atoms with Gasteiger partial charge in [0.15, 0.2) is 24.8 Å². The van der Waals surface area contributed by atoms with E-state index in [2.05, 4.69) is 0 Å². The van der Waals surface area contributed by atoms with E-state index in [1.54, 1.807) is 0 Å². The first-order valence-electron chi connectivity index (χ1n) is 7.22. The van der Waals surface area contributed by atoms with E-state index in [4.69, 9.17) is 18.9 Å². The van der Waals surface area contributed by atoms with Gasteiger partial charge in [-0.25, -0.2) is 0 Å². The highest BCUT2D eigenvalue weighted by molar-refractivity contribution is 5.66. The minimum Gasteiger partial charge on any atom is -0.457 e. The summed E-state index contributed by atoms with van der Waals surface area (Å²) in [7, 11) is 0. The lowest BCUT2D eigenvalue weighted by atomic mass is 9.99. The molecule has 10 nitrogen and oxygen atoms in total. The monoisotopic (exact) mass is 338 g/mol. The van der Waals surface area contributed by atoms with Crippen LogP contribution in [0.25, 0.3) is 0 Å². The van der Waals surface area contributed by atoms with Crippen molar-refractivity contribution in [3.8, 4) is 0 Å². The Morgan fingerprint density at radius 1 is 1.04 bits per heavy atom. The Morgan fingerprint density at radius 3 is 2.30 bits per heavy atom. The van der Waals surface area contributed by atoms with Crippen molar-refractivity contribution < 1.29 is 49.3 Å². The Balaban J connectivity index is 2.12. The van der Waals surface area contributed by atoms with E-state index in [0.29, 0.717) is 0 Å². The van der Waals surface area contributed by atoms with Crippen LogP contribution in [-0.2, 0) is 23.7 Å². The minimum absolute atomic E-state index is 0.273. The van der Waals surface area contributed by atoms with Crippen molar-refractivity contribution in [2.45, 2.75) is 69.2 Å². The summed E-state index contributed by atoms with van der Waals surface area (Å²) in [5.74, 6) is -0.703. The molecule has 0 aliphatic carbocycles. The summed E-state index contributed by atoms with van der Waals surface area (Å²) in [6, 6.07) is 0. The fourth-order valence-electron chi connectivity index (χ4n) is 2.53. The minimum atomic E-state index is -1.61. The number of ether oxygens (including phenoxy) is 4. The van der Waals surface area contributed by atoms with Crippen LogP contribution in [0.4, 0.5) is 0 Å². The van der Waals surface area contributed by atoms with E-state index in [1.165, 1.54) is 6.92 Å². The first-order chi connectivity index (χ1) is 10.7. The van der Waals surface area contributed by atoms with Crippen LogP contribution in [-0.4, -0.2) is 93.4 Å². The zero-order valence-corrected chi connectivity index (χ0v) is 12.7. The van der Waals surface area contributed by atoms with Gasteiger partial charge in [-0.1, -0.05) is 0 Å². The third-order valence-corrected chi connectivity index (χ3v) is 3.82. The Morgan fingerprint density at radius 2 is 1.70 bits per heavy atom. The number of carbonyl (C=O) groups excluding carboxylic acids is 1. The van der Waals surface area contributed by atoms with E-state index in [0.717, 1.165) is 6.92 Å². The van der Waals surface area contributed by atoms with Crippen molar-refractivity contribution in [3.63, 3.8) is 0 Å². The molecular weight excluding hydrogens is 316 g/mol. The number of hydrogen-bond donors (Lipinski definition) is 5. The van der Waals surface area contributed by atoms with Gasteiger partial charge in [0, 0.05) is 6.92 Å². The van der Waals surface area contributed by atoms with Gasteiger partial charge in [-0.3, -0.25) is 4.79 Å². The molecule has 2 rings (SSSR count). The molecule has 2 aliphatic rings. The van der Waals surface area contributed by atoms with Crippen LogP contribution in [0, 0.1) is 0 Å². The van der Waals surface area contributed by atoms with Crippen molar-refractivity contribution >= 4 is 5.97 Å². The van der Waals surface area contributed by atoms with Gasteiger partial charge in [-0.15, -0.1) is 0 Å². The first kappa shape index (κ1) is 18.5. The molecule has 0 amide bonds. The lowest BCUT2D eigenvalue weighted by Crippen LogP contribution is -2.62. The van der Waals surface area contributed by atoms with E-state index in [-0.39, 0.29) is 6.61 Å². The molecule has 23 heavy (non-hydrogen) atoms. The zero-order valence-electron chi connectivity index (χ0n) is 12.7. The molecule has 2 saturated heterocycles.